The molecule has 1 saturated carbocycles. The van der Waals surface area contributed by atoms with Crippen LogP contribution in [0.15, 0.2) is 24.3 Å². The number of anilines is 1. The summed E-state index contributed by atoms with van der Waals surface area (Å²) in [5, 5.41) is 14.1. The zero-order valence-corrected chi connectivity index (χ0v) is 12.0. The van der Waals surface area contributed by atoms with E-state index in [0.29, 0.717) is 6.04 Å². The van der Waals surface area contributed by atoms with Gasteiger partial charge in [0.1, 0.15) is 0 Å². The highest BCUT2D eigenvalue weighted by Gasteiger charge is 2.46. The molecule has 1 heterocycles. The van der Waals surface area contributed by atoms with Crippen LogP contribution >= 0.6 is 11.6 Å². The highest BCUT2D eigenvalue weighted by Crippen LogP contribution is 2.38. The molecular weight excluding hydrogens is 260 g/mol. The SMILES string of the molecule is CC1CC(CO)(Nc2ccc(Cl)cc2)CN1C1CC1. The fourth-order valence-electron chi connectivity index (χ4n) is 3.23. The molecule has 3 rings (SSSR count). The van der Waals surface area contributed by atoms with Gasteiger partial charge in [0.2, 0.25) is 0 Å². The molecule has 1 aromatic carbocycles. The molecule has 3 nitrogen and oxygen atoms in total. The van der Waals surface area contributed by atoms with Gasteiger partial charge in [0.05, 0.1) is 12.1 Å². The average molecular weight is 281 g/mol. The third-order valence-corrected chi connectivity index (χ3v) is 4.56. The van der Waals surface area contributed by atoms with Crippen LogP contribution in [-0.2, 0) is 0 Å². The highest BCUT2D eigenvalue weighted by molar-refractivity contribution is 6.30. The maximum atomic E-state index is 9.85. The molecule has 2 aliphatic rings. The lowest BCUT2D eigenvalue weighted by atomic mass is 9.97. The highest BCUT2D eigenvalue weighted by atomic mass is 35.5. The van der Waals surface area contributed by atoms with Crippen molar-refractivity contribution in [2.24, 2.45) is 0 Å². The van der Waals surface area contributed by atoms with E-state index in [4.69, 9.17) is 11.6 Å². The predicted molar refractivity (Wildman–Crippen MR) is 78.7 cm³/mol. The second-order valence-corrected chi connectivity index (χ2v) is 6.46. The summed E-state index contributed by atoms with van der Waals surface area (Å²) in [5.41, 5.74) is 0.818. The zero-order chi connectivity index (χ0) is 13.5. The first-order valence-corrected chi connectivity index (χ1v) is 7.40. The van der Waals surface area contributed by atoms with Gasteiger partial charge in [-0.15, -0.1) is 0 Å². The van der Waals surface area contributed by atoms with Gasteiger partial charge in [-0.05, 0) is 50.5 Å². The normalized spacial score (nSPS) is 31.6. The molecule has 2 atom stereocenters. The van der Waals surface area contributed by atoms with Crippen molar-refractivity contribution in [2.75, 3.05) is 18.5 Å². The van der Waals surface area contributed by atoms with E-state index in [2.05, 4.69) is 17.1 Å². The standard InChI is InChI=1S/C15H21ClN2O/c1-11-8-15(10-19,9-18(11)14-6-7-14)17-13-4-2-12(16)3-5-13/h2-5,11,14,17,19H,6-10H2,1H3. The van der Waals surface area contributed by atoms with Crippen LogP contribution in [0.4, 0.5) is 5.69 Å². The van der Waals surface area contributed by atoms with Crippen LogP contribution in [0.1, 0.15) is 26.2 Å². The van der Waals surface area contributed by atoms with Crippen molar-refractivity contribution in [1.29, 1.82) is 0 Å². The van der Waals surface area contributed by atoms with Gasteiger partial charge >= 0.3 is 0 Å². The summed E-state index contributed by atoms with van der Waals surface area (Å²) in [6.45, 7) is 3.36. The molecule has 2 unspecified atom stereocenters. The minimum Gasteiger partial charge on any atom is -0.394 e. The van der Waals surface area contributed by atoms with Gasteiger partial charge in [-0.1, -0.05) is 11.6 Å². The van der Waals surface area contributed by atoms with E-state index in [1.165, 1.54) is 12.8 Å². The molecule has 2 N–H and O–H groups in total. The molecule has 0 amide bonds. The molecule has 104 valence electrons. The minimum absolute atomic E-state index is 0.170. The van der Waals surface area contributed by atoms with Crippen molar-refractivity contribution in [3.8, 4) is 0 Å². The molecule has 0 radical (unpaired) electrons. The van der Waals surface area contributed by atoms with Crippen LogP contribution in [0, 0.1) is 0 Å². The van der Waals surface area contributed by atoms with Crippen LogP contribution in [0.3, 0.4) is 0 Å². The first-order valence-electron chi connectivity index (χ1n) is 7.02. The van der Waals surface area contributed by atoms with E-state index in [1.807, 2.05) is 24.3 Å². The maximum Gasteiger partial charge on any atom is 0.0745 e. The van der Waals surface area contributed by atoms with Gasteiger partial charge in [0.15, 0.2) is 0 Å². The summed E-state index contributed by atoms with van der Waals surface area (Å²) in [6.07, 6.45) is 3.61. The topological polar surface area (TPSA) is 35.5 Å². The quantitative estimate of drug-likeness (QED) is 0.890. The third kappa shape index (κ3) is 2.73. The van der Waals surface area contributed by atoms with Gasteiger partial charge < -0.3 is 10.4 Å². The maximum absolute atomic E-state index is 9.85. The van der Waals surface area contributed by atoms with E-state index in [-0.39, 0.29) is 12.1 Å². The van der Waals surface area contributed by atoms with Crippen LogP contribution in [-0.4, -0.2) is 40.8 Å². The molecule has 0 aromatic heterocycles. The molecule has 2 fully saturated rings. The Bertz CT molecular complexity index is 446. The lowest BCUT2D eigenvalue weighted by Crippen LogP contribution is -2.45. The largest absolute Gasteiger partial charge is 0.394 e. The minimum atomic E-state index is -0.212. The summed E-state index contributed by atoms with van der Waals surface area (Å²) in [6, 6.07) is 9.00. The predicted octanol–water partition coefficient (Wildman–Crippen LogP) is 2.74. The average Bonchev–Trinajstić information content (AvgIpc) is 3.18. The van der Waals surface area contributed by atoms with Gasteiger partial charge in [-0.2, -0.15) is 0 Å². The van der Waals surface area contributed by atoms with Crippen molar-refractivity contribution < 1.29 is 5.11 Å². The number of rotatable bonds is 4. The fraction of sp³-hybridized carbons (Fsp3) is 0.600. The lowest BCUT2D eigenvalue weighted by Gasteiger charge is -2.30. The Morgan fingerprint density at radius 1 is 1.37 bits per heavy atom. The number of halogens is 1. The molecular formula is C15H21ClN2O. The van der Waals surface area contributed by atoms with Crippen LogP contribution in [0.25, 0.3) is 0 Å². The van der Waals surface area contributed by atoms with E-state index < -0.39 is 0 Å². The van der Waals surface area contributed by atoms with Crippen molar-refractivity contribution in [2.45, 2.75) is 43.8 Å². The van der Waals surface area contributed by atoms with Crippen molar-refractivity contribution in [1.82, 2.24) is 4.90 Å². The molecule has 1 saturated heterocycles. The summed E-state index contributed by atoms with van der Waals surface area (Å²) in [7, 11) is 0. The summed E-state index contributed by atoms with van der Waals surface area (Å²) >= 11 is 5.91. The Morgan fingerprint density at radius 3 is 2.63 bits per heavy atom. The summed E-state index contributed by atoms with van der Waals surface area (Å²) < 4.78 is 0. The van der Waals surface area contributed by atoms with Gasteiger partial charge in [-0.25, -0.2) is 0 Å². The van der Waals surface area contributed by atoms with Crippen molar-refractivity contribution >= 4 is 17.3 Å². The molecule has 1 aliphatic heterocycles. The van der Waals surface area contributed by atoms with Gasteiger partial charge in [0, 0.05) is 29.3 Å². The second kappa shape index (κ2) is 4.97. The zero-order valence-electron chi connectivity index (χ0n) is 11.3. The van der Waals surface area contributed by atoms with Crippen molar-refractivity contribution in [3.63, 3.8) is 0 Å². The number of hydrogen-bond acceptors (Lipinski definition) is 3. The molecule has 4 heteroatoms. The Kier molecular flexibility index (Phi) is 3.46. The second-order valence-electron chi connectivity index (χ2n) is 6.03. The number of nitrogens with zero attached hydrogens (tertiary/aromatic N) is 1. The number of benzene rings is 1. The summed E-state index contributed by atoms with van der Waals surface area (Å²) in [4.78, 5) is 2.54. The van der Waals surface area contributed by atoms with E-state index in [0.717, 1.165) is 29.7 Å². The fourth-order valence-corrected chi connectivity index (χ4v) is 3.36. The first-order chi connectivity index (χ1) is 9.12. The van der Waals surface area contributed by atoms with Crippen LogP contribution in [0.2, 0.25) is 5.02 Å². The molecule has 1 aliphatic carbocycles. The number of aliphatic hydroxyl groups excluding tert-OH is 1. The third-order valence-electron chi connectivity index (χ3n) is 4.31. The van der Waals surface area contributed by atoms with Crippen LogP contribution < -0.4 is 5.32 Å². The first kappa shape index (κ1) is 13.2. The smallest absolute Gasteiger partial charge is 0.0745 e. The van der Waals surface area contributed by atoms with E-state index >= 15 is 0 Å². The van der Waals surface area contributed by atoms with Gasteiger partial charge in [0.25, 0.3) is 0 Å². The van der Waals surface area contributed by atoms with Gasteiger partial charge in [-0.3, -0.25) is 4.90 Å². The van der Waals surface area contributed by atoms with E-state index in [1.54, 1.807) is 0 Å². The Hall–Kier alpha value is -0.770. The number of aliphatic hydroxyl groups is 1. The Morgan fingerprint density at radius 2 is 2.05 bits per heavy atom. The monoisotopic (exact) mass is 280 g/mol. The molecule has 19 heavy (non-hydrogen) atoms. The van der Waals surface area contributed by atoms with E-state index in [9.17, 15) is 5.11 Å². The number of nitrogens with one attached hydrogen (secondary N) is 1. The Labute approximate surface area is 119 Å². The molecule has 0 bridgehead atoms. The molecule has 1 aromatic rings. The number of hydrogen-bond donors (Lipinski definition) is 2. The Balaban J connectivity index is 1.74. The van der Waals surface area contributed by atoms with Crippen LogP contribution in [0.5, 0.6) is 0 Å². The number of likely N-dealkylation sites (tertiary alicyclic amines) is 1. The lowest BCUT2D eigenvalue weighted by molar-refractivity contribution is 0.201. The van der Waals surface area contributed by atoms with Crippen molar-refractivity contribution in [3.05, 3.63) is 29.3 Å². The molecule has 0 spiro atoms. The summed E-state index contributed by atoms with van der Waals surface area (Å²) in [5.74, 6) is 0.